The van der Waals surface area contributed by atoms with E-state index in [0.29, 0.717) is 6.07 Å². The minimum atomic E-state index is -4.34. The summed E-state index contributed by atoms with van der Waals surface area (Å²) in [6, 6.07) is 1.71. The maximum atomic E-state index is 13.4. The van der Waals surface area contributed by atoms with Crippen LogP contribution >= 0.6 is 24.0 Å². The molecule has 0 aliphatic carbocycles. The van der Waals surface area contributed by atoms with Crippen LogP contribution in [0.5, 0.6) is 0 Å². The van der Waals surface area contributed by atoms with Gasteiger partial charge < -0.3 is 9.55 Å². The Balaban J connectivity index is 2.33. The fraction of sp³-hybridized carbons (Fsp3) is 0.300. The van der Waals surface area contributed by atoms with E-state index in [-0.39, 0.29) is 39.9 Å². The van der Waals surface area contributed by atoms with Crippen LogP contribution in [-0.2, 0) is 6.54 Å². The van der Waals surface area contributed by atoms with Gasteiger partial charge in [-0.05, 0) is 30.0 Å². The van der Waals surface area contributed by atoms with Crippen molar-refractivity contribution in [3.63, 3.8) is 0 Å². The van der Waals surface area contributed by atoms with Gasteiger partial charge in [-0.3, -0.25) is 0 Å². The van der Waals surface area contributed by atoms with E-state index in [1.807, 2.05) is 0 Å². The van der Waals surface area contributed by atoms with E-state index in [2.05, 4.69) is 4.98 Å². The van der Waals surface area contributed by atoms with Crippen LogP contribution in [0.25, 0.3) is 11.0 Å². The molecule has 0 saturated carbocycles. The molecule has 0 bridgehead atoms. The molecule has 0 atom stereocenters. The van der Waals surface area contributed by atoms with E-state index in [1.165, 1.54) is 4.57 Å². The van der Waals surface area contributed by atoms with Gasteiger partial charge in [0.15, 0.2) is 10.6 Å². The van der Waals surface area contributed by atoms with Crippen molar-refractivity contribution in [2.24, 2.45) is 0 Å². The van der Waals surface area contributed by atoms with Crippen molar-refractivity contribution in [3.8, 4) is 0 Å². The molecule has 2 rings (SSSR count). The number of aromatic nitrogens is 2. The standard InChI is InChI=1S/C10H7F5N2S2/c11-5-3-6(12)8-7(4-5)17(9(18)16-8)1-2-19-10(13,14)15/h3-4H,1-2H2,(H,16,18). The van der Waals surface area contributed by atoms with E-state index < -0.39 is 17.1 Å². The number of thioether (sulfide) groups is 1. The van der Waals surface area contributed by atoms with E-state index >= 15 is 0 Å². The number of imidazole rings is 1. The molecule has 0 unspecified atom stereocenters. The summed E-state index contributed by atoms with van der Waals surface area (Å²) in [5, 5.41) is 0. The Kier molecular flexibility index (Phi) is 3.86. The largest absolute Gasteiger partial charge is 0.441 e. The number of hydrogen-bond acceptors (Lipinski definition) is 2. The Hall–Kier alpha value is -1.09. The van der Waals surface area contributed by atoms with Crippen molar-refractivity contribution in [1.82, 2.24) is 9.55 Å². The second kappa shape index (κ2) is 5.12. The molecule has 0 aliphatic rings. The van der Waals surface area contributed by atoms with Crippen LogP contribution in [0.4, 0.5) is 22.0 Å². The van der Waals surface area contributed by atoms with Crippen LogP contribution in [0.15, 0.2) is 12.1 Å². The number of aryl methyl sites for hydroxylation is 1. The molecule has 1 aromatic heterocycles. The Bertz CT molecular complexity index is 658. The van der Waals surface area contributed by atoms with E-state index in [0.717, 1.165) is 6.07 Å². The molecule has 0 fully saturated rings. The lowest BCUT2D eigenvalue weighted by molar-refractivity contribution is -0.0328. The summed E-state index contributed by atoms with van der Waals surface area (Å²) in [6.07, 6.45) is 0. The van der Waals surface area contributed by atoms with Gasteiger partial charge in [0, 0.05) is 18.4 Å². The molecule has 19 heavy (non-hydrogen) atoms. The highest BCUT2D eigenvalue weighted by Crippen LogP contribution is 2.30. The molecular weight excluding hydrogens is 307 g/mol. The number of aromatic amines is 1. The number of benzene rings is 1. The predicted octanol–water partition coefficient (Wildman–Crippen LogP) is 4.23. The molecule has 1 N–H and O–H groups in total. The highest BCUT2D eigenvalue weighted by atomic mass is 32.2. The first-order valence-corrected chi connectivity index (χ1v) is 6.45. The Morgan fingerprint density at radius 1 is 1.26 bits per heavy atom. The van der Waals surface area contributed by atoms with Crippen molar-refractivity contribution in [1.29, 1.82) is 0 Å². The quantitative estimate of drug-likeness (QED) is 0.676. The summed E-state index contributed by atoms with van der Waals surface area (Å²) >= 11 is 4.68. The van der Waals surface area contributed by atoms with Crippen molar-refractivity contribution in [3.05, 3.63) is 28.5 Å². The summed E-state index contributed by atoms with van der Waals surface area (Å²) in [5.74, 6) is -1.93. The zero-order valence-electron chi connectivity index (χ0n) is 9.22. The average molecular weight is 314 g/mol. The van der Waals surface area contributed by atoms with Gasteiger partial charge >= 0.3 is 5.51 Å². The maximum absolute atomic E-state index is 13.4. The molecule has 0 amide bonds. The van der Waals surface area contributed by atoms with Crippen LogP contribution in [0.3, 0.4) is 0 Å². The molecule has 0 aliphatic heterocycles. The van der Waals surface area contributed by atoms with Crippen molar-refractivity contribution >= 4 is 35.0 Å². The van der Waals surface area contributed by atoms with Gasteiger partial charge in [-0.25, -0.2) is 8.78 Å². The molecule has 104 valence electrons. The maximum Gasteiger partial charge on any atom is 0.441 e. The normalized spacial score (nSPS) is 12.3. The zero-order valence-corrected chi connectivity index (χ0v) is 10.9. The van der Waals surface area contributed by atoms with Gasteiger partial charge in [0.25, 0.3) is 0 Å². The SMILES string of the molecule is Fc1cc(F)c2[nH]c(=S)n(CCSC(F)(F)F)c2c1. The van der Waals surface area contributed by atoms with Crippen LogP contribution in [0.2, 0.25) is 0 Å². The third-order valence-corrected chi connectivity index (χ3v) is 3.42. The third-order valence-electron chi connectivity index (χ3n) is 2.38. The molecule has 0 spiro atoms. The molecule has 1 heterocycles. The summed E-state index contributed by atoms with van der Waals surface area (Å²) in [5.41, 5.74) is -4.24. The second-order valence-corrected chi connectivity index (χ2v) is 5.20. The van der Waals surface area contributed by atoms with E-state index in [9.17, 15) is 22.0 Å². The smallest absolute Gasteiger partial charge is 0.328 e. The number of H-pyrrole nitrogens is 1. The zero-order chi connectivity index (χ0) is 14.2. The number of hydrogen-bond donors (Lipinski definition) is 1. The summed E-state index contributed by atoms with van der Waals surface area (Å²) in [4.78, 5) is 2.52. The lowest BCUT2D eigenvalue weighted by atomic mass is 10.3. The third kappa shape index (κ3) is 3.27. The number of nitrogens with one attached hydrogen (secondary N) is 1. The Morgan fingerprint density at radius 3 is 2.58 bits per heavy atom. The predicted molar refractivity (Wildman–Crippen MR) is 65.6 cm³/mol. The second-order valence-electron chi connectivity index (χ2n) is 3.66. The van der Waals surface area contributed by atoms with Gasteiger partial charge in [0.1, 0.15) is 11.3 Å². The first-order valence-electron chi connectivity index (χ1n) is 5.06. The highest BCUT2D eigenvalue weighted by Gasteiger charge is 2.27. The minimum absolute atomic E-state index is 0.0107. The van der Waals surface area contributed by atoms with Crippen molar-refractivity contribution in [2.75, 3.05) is 5.75 Å². The first-order chi connectivity index (χ1) is 8.78. The Labute approximate surface area is 113 Å². The Morgan fingerprint density at radius 2 is 1.95 bits per heavy atom. The summed E-state index contributed by atoms with van der Waals surface area (Å²) in [7, 11) is 0. The fourth-order valence-electron chi connectivity index (χ4n) is 1.66. The molecular formula is C10H7F5N2S2. The van der Waals surface area contributed by atoms with Crippen LogP contribution < -0.4 is 0 Å². The van der Waals surface area contributed by atoms with Gasteiger partial charge in [-0.2, -0.15) is 13.2 Å². The molecule has 0 saturated heterocycles. The van der Waals surface area contributed by atoms with Gasteiger partial charge in [0.05, 0.1) is 5.52 Å². The lowest BCUT2D eigenvalue weighted by Crippen LogP contribution is -2.07. The van der Waals surface area contributed by atoms with Crippen LogP contribution in [0.1, 0.15) is 0 Å². The van der Waals surface area contributed by atoms with E-state index in [1.54, 1.807) is 0 Å². The number of halogens is 5. The number of rotatable bonds is 3. The number of nitrogens with zero attached hydrogens (tertiary/aromatic N) is 1. The molecule has 9 heteroatoms. The first kappa shape index (κ1) is 14.3. The van der Waals surface area contributed by atoms with Gasteiger partial charge in [-0.1, -0.05) is 0 Å². The molecule has 2 nitrogen and oxygen atoms in total. The monoisotopic (exact) mass is 314 g/mol. The fourth-order valence-corrected chi connectivity index (χ4v) is 2.45. The van der Waals surface area contributed by atoms with Crippen molar-refractivity contribution in [2.45, 2.75) is 12.1 Å². The van der Waals surface area contributed by atoms with Crippen LogP contribution in [-0.4, -0.2) is 20.8 Å². The summed E-state index contributed by atoms with van der Waals surface area (Å²) < 4.78 is 63.9. The summed E-state index contributed by atoms with van der Waals surface area (Å²) in [6.45, 7) is -0.0914. The topological polar surface area (TPSA) is 20.7 Å². The average Bonchev–Trinajstić information content (AvgIpc) is 2.55. The minimum Gasteiger partial charge on any atom is -0.328 e. The van der Waals surface area contributed by atoms with Crippen molar-refractivity contribution < 1.29 is 22.0 Å². The highest BCUT2D eigenvalue weighted by molar-refractivity contribution is 8.00. The molecule has 1 aromatic carbocycles. The lowest BCUT2D eigenvalue weighted by Gasteiger charge is -2.07. The molecule has 2 aromatic rings. The van der Waals surface area contributed by atoms with Crippen LogP contribution in [0, 0.1) is 16.4 Å². The number of alkyl halides is 3. The molecule has 0 radical (unpaired) electrons. The number of fused-ring (bicyclic) bond motifs is 1. The van der Waals surface area contributed by atoms with E-state index in [4.69, 9.17) is 12.2 Å². The van der Waals surface area contributed by atoms with Gasteiger partial charge in [0.2, 0.25) is 0 Å². The van der Waals surface area contributed by atoms with Gasteiger partial charge in [-0.15, -0.1) is 0 Å².